The number of furan rings is 1. The van der Waals surface area contributed by atoms with Gasteiger partial charge in [-0.1, -0.05) is 6.07 Å². The van der Waals surface area contributed by atoms with E-state index >= 15 is 0 Å². The van der Waals surface area contributed by atoms with Gasteiger partial charge >= 0.3 is 0 Å². The molecule has 3 N–H and O–H groups in total. The van der Waals surface area contributed by atoms with Crippen molar-refractivity contribution < 1.29 is 4.42 Å². The summed E-state index contributed by atoms with van der Waals surface area (Å²) in [7, 11) is 1.92. The second-order valence-corrected chi connectivity index (χ2v) is 3.33. The summed E-state index contributed by atoms with van der Waals surface area (Å²) in [5.74, 6) is 0. The molecule has 3 heteroatoms. The zero-order valence-electron chi connectivity index (χ0n) is 8.21. The van der Waals surface area contributed by atoms with Gasteiger partial charge in [-0.25, -0.2) is 0 Å². The van der Waals surface area contributed by atoms with E-state index in [1.807, 2.05) is 19.2 Å². The maximum atomic E-state index is 5.59. The van der Waals surface area contributed by atoms with Crippen LogP contribution in [-0.4, -0.2) is 7.05 Å². The molecule has 0 saturated heterocycles. The van der Waals surface area contributed by atoms with Gasteiger partial charge in [-0.2, -0.15) is 0 Å². The van der Waals surface area contributed by atoms with E-state index in [1.54, 1.807) is 6.26 Å². The van der Waals surface area contributed by atoms with Gasteiger partial charge in [-0.3, -0.25) is 0 Å². The molecule has 0 unspecified atom stereocenters. The second-order valence-electron chi connectivity index (χ2n) is 3.33. The normalized spacial score (nSPS) is 11.0. The third-order valence-electron chi connectivity index (χ3n) is 2.32. The molecule has 0 atom stereocenters. The molecule has 0 aliphatic heterocycles. The van der Waals surface area contributed by atoms with E-state index in [-0.39, 0.29) is 0 Å². The lowest BCUT2D eigenvalue weighted by Gasteiger charge is -1.98. The highest BCUT2D eigenvalue weighted by Crippen LogP contribution is 2.22. The maximum absolute atomic E-state index is 5.59. The smallest absolute Gasteiger partial charge is 0.134 e. The summed E-state index contributed by atoms with van der Waals surface area (Å²) in [6.45, 7) is 1.39. The van der Waals surface area contributed by atoms with Crippen molar-refractivity contribution in [2.24, 2.45) is 5.73 Å². The first-order valence-corrected chi connectivity index (χ1v) is 4.69. The van der Waals surface area contributed by atoms with Gasteiger partial charge in [-0.15, -0.1) is 0 Å². The van der Waals surface area contributed by atoms with Gasteiger partial charge in [0.1, 0.15) is 5.58 Å². The Bertz CT molecular complexity index is 434. The van der Waals surface area contributed by atoms with E-state index < -0.39 is 0 Å². The summed E-state index contributed by atoms with van der Waals surface area (Å²) < 4.78 is 5.42. The summed E-state index contributed by atoms with van der Waals surface area (Å²) in [5, 5.41) is 4.26. The van der Waals surface area contributed by atoms with Crippen molar-refractivity contribution in [3.63, 3.8) is 0 Å². The molecule has 14 heavy (non-hydrogen) atoms. The first kappa shape index (κ1) is 9.24. The Hall–Kier alpha value is -1.32. The number of nitrogens with two attached hydrogens (primary N) is 1. The Labute approximate surface area is 82.9 Å². The highest BCUT2D eigenvalue weighted by Gasteiger charge is 2.04. The monoisotopic (exact) mass is 190 g/mol. The number of nitrogens with one attached hydrogen (secondary N) is 1. The molecular weight excluding hydrogens is 176 g/mol. The molecule has 0 saturated carbocycles. The van der Waals surface area contributed by atoms with Crippen LogP contribution in [0, 0.1) is 0 Å². The average molecular weight is 190 g/mol. The van der Waals surface area contributed by atoms with Gasteiger partial charge in [0.05, 0.1) is 6.26 Å². The molecule has 2 aromatic rings. The summed E-state index contributed by atoms with van der Waals surface area (Å²) in [6, 6.07) is 6.05. The fraction of sp³-hybridized carbons (Fsp3) is 0.273. The van der Waals surface area contributed by atoms with E-state index in [9.17, 15) is 0 Å². The highest BCUT2D eigenvalue weighted by molar-refractivity contribution is 5.81. The Kier molecular flexibility index (Phi) is 2.52. The maximum Gasteiger partial charge on any atom is 0.134 e. The van der Waals surface area contributed by atoms with Crippen molar-refractivity contribution in [3.8, 4) is 0 Å². The van der Waals surface area contributed by atoms with Crippen molar-refractivity contribution in [2.45, 2.75) is 13.1 Å². The minimum atomic E-state index is 0.570. The van der Waals surface area contributed by atoms with Crippen LogP contribution in [0.3, 0.4) is 0 Å². The summed E-state index contributed by atoms with van der Waals surface area (Å²) in [5.41, 5.74) is 8.82. The van der Waals surface area contributed by atoms with Crippen molar-refractivity contribution >= 4 is 11.0 Å². The predicted molar refractivity (Wildman–Crippen MR) is 56.9 cm³/mol. The van der Waals surface area contributed by atoms with E-state index in [1.165, 1.54) is 5.56 Å². The molecule has 0 aliphatic carbocycles. The summed E-state index contributed by atoms with van der Waals surface area (Å²) in [4.78, 5) is 0. The van der Waals surface area contributed by atoms with Crippen LogP contribution in [0.2, 0.25) is 0 Å². The summed E-state index contributed by atoms with van der Waals surface area (Å²) in [6.07, 6.45) is 1.79. The van der Waals surface area contributed by atoms with Gasteiger partial charge in [0, 0.05) is 24.0 Å². The molecule has 0 spiro atoms. The molecule has 1 aromatic heterocycles. The first-order valence-electron chi connectivity index (χ1n) is 4.69. The quantitative estimate of drug-likeness (QED) is 0.773. The Balaban J connectivity index is 2.52. The van der Waals surface area contributed by atoms with Gasteiger partial charge in [0.15, 0.2) is 0 Å². The average Bonchev–Trinajstić information content (AvgIpc) is 2.61. The Morgan fingerprint density at radius 2 is 2.29 bits per heavy atom. The SMILES string of the molecule is CNCc1coc2ccc(CN)cc12. The zero-order chi connectivity index (χ0) is 9.97. The zero-order valence-corrected chi connectivity index (χ0v) is 8.21. The lowest BCUT2D eigenvalue weighted by molar-refractivity contribution is 0.607. The molecule has 1 heterocycles. The second kappa shape index (κ2) is 3.82. The first-order chi connectivity index (χ1) is 6.85. The molecular formula is C11H14N2O. The van der Waals surface area contributed by atoms with E-state index in [4.69, 9.17) is 10.2 Å². The Morgan fingerprint density at radius 3 is 3.00 bits per heavy atom. The number of fused-ring (bicyclic) bond motifs is 1. The van der Waals surface area contributed by atoms with Gasteiger partial charge in [0.25, 0.3) is 0 Å². The minimum absolute atomic E-state index is 0.570. The van der Waals surface area contributed by atoms with Crippen LogP contribution in [0.15, 0.2) is 28.9 Å². The number of hydrogen-bond acceptors (Lipinski definition) is 3. The van der Waals surface area contributed by atoms with E-state index in [0.29, 0.717) is 6.54 Å². The van der Waals surface area contributed by atoms with Crippen LogP contribution >= 0.6 is 0 Å². The van der Waals surface area contributed by atoms with Crippen LogP contribution in [-0.2, 0) is 13.1 Å². The van der Waals surface area contributed by atoms with Gasteiger partial charge < -0.3 is 15.5 Å². The topological polar surface area (TPSA) is 51.2 Å². The van der Waals surface area contributed by atoms with E-state index in [0.717, 1.165) is 23.1 Å². The third kappa shape index (κ3) is 1.52. The molecule has 74 valence electrons. The molecule has 0 aliphatic rings. The third-order valence-corrected chi connectivity index (χ3v) is 2.32. The van der Waals surface area contributed by atoms with Crippen LogP contribution in [0.25, 0.3) is 11.0 Å². The highest BCUT2D eigenvalue weighted by atomic mass is 16.3. The predicted octanol–water partition coefficient (Wildman–Crippen LogP) is 1.61. The van der Waals surface area contributed by atoms with Crippen molar-refractivity contribution in [1.29, 1.82) is 0 Å². The van der Waals surface area contributed by atoms with Gasteiger partial charge in [-0.05, 0) is 24.7 Å². The van der Waals surface area contributed by atoms with E-state index in [2.05, 4.69) is 11.4 Å². The van der Waals surface area contributed by atoms with Crippen LogP contribution in [0.1, 0.15) is 11.1 Å². The standard InChI is InChI=1S/C11H14N2O/c1-13-6-9-7-14-11-3-2-8(5-12)4-10(9)11/h2-4,7,13H,5-6,12H2,1H3. The molecule has 2 rings (SSSR count). The minimum Gasteiger partial charge on any atom is -0.464 e. The number of benzene rings is 1. The lowest BCUT2D eigenvalue weighted by atomic mass is 10.1. The number of hydrogen-bond donors (Lipinski definition) is 2. The van der Waals surface area contributed by atoms with Gasteiger partial charge in [0.2, 0.25) is 0 Å². The fourth-order valence-corrected chi connectivity index (χ4v) is 1.58. The van der Waals surface area contributed by atoms with Crippen molar-refractivity contribution in [2.75, 3.05) is 7.05 Å². The van der Waals surface area contributed by atoms with Crippen LogP contribution in [0.5, 0.6) is 0 Å². The molecule has 0 radical (unpaired) electrons. The molecule has 1 aromatic carbocycles. The molecule has 0 bridgehead atoms. The number of rotatable bonds is 3. The fourth-order valence-electron chi connectivity index (χ4n) is 1.58. The van der Waals surface area contributed by atoms with Crippen molar-refractivity contribution in [1.82, 2.24) is 5.32 Å². The molecule has 0 fully saturated rings. The summed E-state index contributed by atoms with van der Waals surface area (Å²) >= 11 is 0. The lowest BCUT2D eigenvalue weighted by Crippen LogP contribution is -2.04. The van der Waals surface area contributed by atoms with Crippen LogP contribution < -0.4 is 11.1 Å². The van der Waals surface area contributed by atoms with Crippen LogP contribution in [0.4, 0.5) is 0 Å². The Morgan fingerprint density at radius 1 is 1.43 bits per heavy atom. The molecule has 0 amide bonds. The molecule has 3 nitrogen and oxygen atoms in total. The largest absolute Gasteiger partial charge is 0.464 e. The van der Waals surface area contributed by atoms with Crippen molar-refractivity contribution in [3.05, 3.63) is 35.6 Å².